The fourth-order valence-electron chi connectivity index (χ4n) is 2.90. The molecule has 0 rings (SSSR count). The van der Waals surface area contributed by atoms with Gasteiger partial charge >= 0.3 is 0 Å². The Hall–Kier alpha value is -0.920. The van der Waals surface area contributed by atoms with E-state index in [-0.39, 0.29) is 5.78 Å². The highest BCUT2D eigenvalue weighted by Crippen LogP contribution is 2.13. The molecule has 0 radical (unpaired) electrons. The Bertz CT molecular complexity index is 294. The zero-order chi connectivity index (χ0) is 17.0. The molecule has 0 atom stereocenters. The Kier molecular flexibility index (Phi) is 18.4. The molecular formula is C21H38O2. The van der Waals surface area contributed by atoms with Crippen LogP contribution in [0.5, 0.6) is 0 Å². The van der Waals surface area contributed by atoms with E-state index in [0.29, 0.717) is 12.7 Å². The quantitative estimate of drug-likeness (QED) is 0.162. The molecule has 23 heavy (non-hydrogen) atoms. The molecule has 0 aliphatic heterocycles. The maximum absolute atomic E-state index is 11.3. The number of unbranched alkanes of at least 4 members (excludes halogenated alkanes) is 14. The van der Waals surface area contributed by atoms with Crippen molar-refractivity contribution in [1.82, 2.24) is 0 Å². The summed E-state index contributed by atoms with van der Waals surface area (Å²) in [7, 11) is 0. The van der Waals surface area contributed by atoms with E-state index >= 15 is 0 Å². The predicted molar refractivity (Wildman–Crippen MR) is 99.8 cm³/mol. The van der Waals surface area contributed by atoms with Crippen LogP contribution in [0.2, 0.25) is 0 Å². The van der Waals surface area contributed by atoms with Gasteiger partial charge in [0.15, 0.2) is 5.78 Å². The van der Waals surface area contributed by atoms with E-state index in [4.69, 9.17) is 0 Å². The Morgan fingerprint density at radius 2 is 1.04 bits per heavy atom. The van der Waals surface area contributed by atoms with Gasteiger partial charge in [-0.15, -0.1) is 0 Å². The van der Waals surface area contributed by atoms with E-state index in [2.05, 4.69) is 6.92 Å². The molecule has 0 bridgehead atoms. The van der Waals surface area contributed by atoms with E-state index in [0.717, 1.165) is 12.8 Å². The normalized spacial score (nSPS) is 11.2. The third-order valence-corrected chi connectivity index (χ3v) is 4.39. The van der Waals surface area contributed by atoms with Crippen LogP contribution in [0.3, 0.4) is 0 Å². The average Bonchev–Trinajstić information content (AvgIpc) is 2.56. The molecule has 0 aliphatic rings. The lowest BCUT2D eigenvalue weighted by atomic mass is 10.0. The van der Waals surface area contributed by atoms with Gasteiger partial charge in [0.1, 0.15) is 6.29 Å². The van der Waals surface area contributed by atoms with Gasteiger partial charge in [0.2, 0.25) is 0 Å². The second kappa shape index (κ2) is 19.1. The van der Waals surface area contributed by atoms with Crippen molar-refractivity contribution in [2.24, 2.45) is 0 Å². The molecule has 0 heterocycles. The third kappa shape index (κ3) is 19.0. The number of hydrogen-bond acceptors (Lipinski definition) is 2. The highest BCUT2D eigenvalue weighted by atomic mass is 16.1. The van der Waals surface area contributed by atoms with Crippen molar-refractivity contribution < 1.29 is 9.59 Å². The summed E-state index contributed by atoms with van der Waals surface area (Å²) in [6, 6.07) is 0. The molecule has 0 aromatic rings. The van der Waals surface area contributed by atoms with Crippen molar-refractivity contribution in [1.29, 1.82) is 0 Å². The molecule has 0 aliphatic carbocycles. The van der Waals surface area contributed by atoms with E-state index in [1.807, 2.05) is 0 Å². The molecule has 0 aromatic carbocycles. The topological polar surface area (TPSA) is 34.1 Å². The molecule has 0 unspecified atom stereocenters. The first-order valence-corrected chi connectivity index (χ1v) is 9.96. The fourth-order valence-corrected chi connectivity index (χ4v) is 2.90. The van der Waals surface area contributed by atoms with E-state index in [1.165, 1.54) is 95.6 Å². The Morgan fingerprint density at radius 1 is 0.652 bits per heavy atom. The second-order valence-corrected chi connectivity index (χ2v) is 6.66. The van der Waals surface area contributed by atoms with Crippen molar-refractivity contribution >= 4 is 12.1 Å². The number of allylic oxidation sites excluding steroid dienone is 2. The summed E-state index contributed by atoms with van der Waals surface area (Å²) in [4.78, 5) is 21.4. The molecule has 0 aromatic heterocycles. The Morgan fingerprint density at radius 3 is 1.43 bits per heavy atom. The van der Waals surface area contributed by atoms with Crippen LogP contribution in [0, 0.1) is 0 Å². The summed E-state index contributed by atoms with van der Waals surface area (Å²) in [6.45, 7) is 2.27. The molecule has 2 nitrogen and oxygen atoms in total. The van der Waals surface area contributed by atoms with Crippen LogP contribution in [0.1, 0.15) is 110 Å². The molecule has 0 saturated heterocycles. The summed E-state index contributed by atoms with van der Waals surface area (Å²) >= 11 is 0. The minimum Gasteiger partial charge on any atom is -0.299 e. The fraction of sp³-hybridized carbons (Fsp3) is 0.810. The summed E-state index contributed by atoms with van der Waals surface area (Å²) in [5, 5.41) is 0. The molecule has 134 valence electrons. The lowest BCUT2D eigenvalue weighted by molar-refractivity contribution is -0.115. The molecule has 0 spiro atoms. The molecule has 0 N–H and O–H groups in total. The van der Waals surface area contributed by atoms with Crippen molar-refractivity contribution in [3.63, 3.8) is 0 Å². The smallest absolute Gasteiger partial charge is 0.155 e. The highest BCUT2D eigenvalue weighted by molar-refractivity contribution is 5.92. The van der Waals surface area contributed by atoms with E-state index < -0.39 is 0 Å². The zero-order valence-electron chi connectivity index (χ0n) is 15.4. The SMILES string of the molecule is CCCCCCCCCCCCCCCCCC(=O)/C=C/C=O. The van der Waals surface area contributed by atoms with Gasteiger partial charge in [-0.1, -0.05) is 96.8 Å². The van der Waals surface area contributed by atoms with E-state index in [9.17, 15) is 9.59 Å². The van der Waals surface area contributed by atoms with Crippen molar-refractivity contribution in [3.8, 4) is 0 Å². The standard InChI is InChI=1S/C21H38O2/c1-2-3-4-5-6-7-8-9-10-11-12-13-14-15-16-18-21(23)19-17-20-22/h17,19-20H,2-16,18H2,1H3/b19-17+. The van der Waals surface area contributed by atoms with Gasteiger partial charge < -0.3 is 0 Å². The largest absolute Gasteiger partial charge is 0.299 e. The van der Waals surface area contributed by atoms with Crippen LogP contribution in [-0.2, 0) is 9.59 Å². The Labute approximate surface area is 144 Å². The van der Waals surface area contributed by atoms with E-state index in [1.54, 1.807) is 0 Å². The summed E-state index contributed by atoms with van der Waals surface area (Å²) in [6.07, 6.45) is 23.9. The minimum atomic E-state index is 0.0757. The number of hydrogen-bond donors (Lipinski definition) is 0. The molecule has 2 heteroatoms. The van der Waals surface area contributed by atoms with Crippen LogP contribution in [0.25, 0.3) is 0 Å². The zero-order valence-corrected chi connectivity index (χ0v) is 15.4. The maximum atomic E-state index is 11.3. The van der Waals surface area contributed by atoms with Gasteiger partial charge in [-0.3, -0.25) is 9.59 Å². The van der Waals surface area contributed by atoms with Gasteiger partial charge in [0.05, 0.1) is 0 Å². The van der Waals surface area contributed by atoms with Gasteiger partial charge in [-0.2, -0.15) is 0 Å². The lowest BCUT2D eigenvalue weighted by Gasteiger charge is -2.03. The van der Waals surface area contributed by atoms with Crippen molar-refractivity contribution in [3.05, 3.63) is 12.2 Å². The molecule has 0 fully saturated rings. The van der Waals surface area contributed by atoms with Gasteiger partial charge in [-0.05, 0) is 18.6 Å². The van der Waals surface area contributed by atoms with Crippen LogP contribution in [0.4, 0.5) is 0 Å². The molecular weight excluding hydrogens is 284 g/mol. The van der Waals surface area contributed by atoms with Crippen molar-refractivity contribution in [2.75, 3.05) is 0 Å². The number of aldehydes is 1. The van der Waals surface area contributed by atoms with Crippen LogP contribution < -0.4 is 0 Å². The van der Waals surface area contributed by atoms with Gasteiger partial charge in [0.25, 0.3) is 0 Å². The third-order valence-electron chi connectivity index (χ3n) is 4.39. The lowest BCUT2D eigenvalue weighted by Crippen LogP contribution is -1.92. The summed E-state index contributed by atoms with van der Waals surface area (Å²) < 4.78 is 0. The Balaban J connectivity index is 3.09. The maximum Gasteiger partial charge on any atom is 0.155 e. The number of rotatable bonds is 18. The highest BCUT2D eigenvalue weighted by Gasteiger charge is 1.97. The van der Waals surface area contributed by atoms with Crippen LogP contribution in [0.15, 0.2) is 12.2 Å². The van der Waals surface area contributed by atoms with Gasteiger partial charge in [0, 0.05) is 6.42 Å². The number of ketones is 1. The van der Waals surface area contributed by atoms with Crippen LogP contribution in [-0.4, -0.2) is 12.1 Å². The first-order chi connectivity index (χ1) is 11.3. The number of carbonyl (C=O) groups excluding carboxylic acids is 2. The number of carbonyl (C=O) groups is 2. The van der Waals surface area contributed by atoms with Gasteiger partial charge in [-0.25, -0.2) is 0 Å². The predicted octanol–water partition coefficient (Wildman–Crippen LogP) is 6.57. The summed E-state index contributed by atoms with van der Waals surface area (Å²) in [5.41, 5.74) is 0. The van der Waals surface area contributed by atoms with Crippen molar-refractivity contribution in [2.45, 2.75) is 110 Å². The minimum absolute atomic E-state index is 0.0757. The van der Waals surface area contributed by atoms with Crippen LogP contribution >= 0.6 is 0 Å². The molecule has 0 saturated carbocycles. The first-order valence-electron chi connectivity index (χ1n) is 9.96. The first kappa shape index (κ1) is 22.1. The average molecular weight is 323 g/mol. The monoisotopic (exact) mass is 322 g/mol. The molecule has 0 amide bonds. The summed E-state index contributed by atoms with van der Waals surface area (Å²) in [5.74, 6) is 0.0757. The second-order valence-electron chi connectivity index (χ2n) is 6.66.